The molecular weight excluding hydrogens is 386 g/mol. The second kappa shape index (κ2) is 10.8. The third-order valence-electron chi connectivity index (χ3n) is 4.31. The van der Waals surface area contributed by atoms with Crippen molar-refractivity contribution >= 4 is 11.7 Å². The molecule has 0 atom stereocenters. The van der Waals surface area contributed by atoms with Gasteiger partial charge in [0, 0.05) is 0 Å². The number of nitrogens with one attached hydrogen (secondary N) is 1. The quantitative estimate of drug-likeness (QED) is 0.403. The summed E-state index contributed by atoms with van der Waals surface area (Å²) in [5.41, 5.74) is 7.62. The number of carbonyl (C=O) groups excluding carboxylic acids is 1. The summed E-state index contributed by atoms with van der Waals surface area (Å²) < 4.78 is 16.3. The van der Waals surface area contributed by atoms with Crippen molar-refractivity contribution in [3.8, 4) is 11.5 Å². The first kappa shape index (κ1) is 21.1. The maximum atomic E-state index is 11.9. The third kappa shape index (κ3) is 5.71. The third-order valence-corrected chi connectivity index (χ3v) is 4.31. The van der Waals surface area contributed by atoms with Crippen LogP contribution in [0.2, 0.25) is 0 Å². The predicted octanol–water partition coefficient (Wildman–Crippen LogP) is 1.12. The smallest absolute Gasteiger partial charge is 0.277 e. The van der Waals surface area contributed by atoms with Crippen molar-refractivity contribution in [1.29, 1.82) is 0 Å². The second-order valence-corrected chi connectivity index (χ2v) is 6.49. The molecule has 3 aromatic rings. The van der Waals surface area contributed by atoms with E-state index in [1.807, 2.05) is 55.5 Å². The highest BCUT2D eigenvalue weighted by atomic mass is 16.6. The normalized spacial score (nSPS) is 10.6. The van der Waals surface area contributed by atoms with Gasteiger partial charge >= 0.3 is 0 Å². The van der Waals surface area contributed by atoms with Gasteiger partial charge in [-0.15, -0.1) is 0 Å². The lowest BCUT2D eigenvalue weighted by Gasteiger charge is -2.15. The molecular formula is C21H26N5O4+. The number of nitrogens with zero attached hydrogens (tertiary/aromatic N) is 2. The first-order chi connectivity index (χ1) is 14.7. The fraction of sp³-hybridized carbons (Fsp3) is 0.286. The molecule has 0 aliphatic rings. The highest BCUT2D eigenvalue weighted by Gasteiger charge is 2.16. The van der Waals surface area contributed by atoms with Crippen molar-refractivity contribution in [1.82, 2.24) is 15.6 Å². The number of aromatic nitrogens is 2. The molecule has 9 nitrogen and oxygen atoms in total. The van der Waals surface area contributed by atoms with Crippen LogP contribution < -0.4 is 25.8 Å². The molecule has 3 rings (SSSR count). The number of rotatable bonds is 11. The summed E-state index contributed by atoms with van der Waals surface area (Å²) in [5.74, 6) is 1.03. The van der Waals surface area contributed by atoms with Gasteiger partial charge in [-0.2, -0.15) is 0 Å². The monoisotopic (exact) mass is 412 g/mol. The van der Waals surface area contributed by atoms with Gasteiger partial charge < -0.3 is 25.8 Å². The SMILES string of the molecule is CCOc1cccc(C[NH2+]CCNC(=O)c2nonc2N)c1OCc1ccccc1. The minimum atomic E-state index is -0.410. The number of nitrogen functional groups attached to an aromatic ring is 1. The Morgan fingerprint density at radius 1 is 1.13 bits per heavy atom. The zero-order valence-electron chi connectivity index (χ0n) is 16.8. The summed E-state index contributed by atoms with van der Waals surface area (Å²) in [4.78, 5) is 11.9. The number of hydrogen-bond acceptors (Lipinski definition) is 7. The summed E-state index contributed by atoms with van der Waals surface area (Å²) in [6.45, 7) is 4.74. The van der Waals surface area contributed by atoms with Crippen LogP contribution in [0.15, 0.2) is 53.2 Å². The number of anilines is 1. The van der Waals surface area contributed by atoms with Crippen LogP contribution in [0, 0.1) is 0 Å². The molecule has 0 bridgehead atoms. The average molecular weight is 412 g/mol. The number of para-hydroxylation sites is 1. The maximum Gasteiger partial charge on any atom is 0.277 e. The molecule has 0 aliphatic carbocycles. The fourth-order valence-corrected chi connectivity index (χ4v) is 2.87. The van der Waals surface area contributed by atoms with Crippen molar-refractivity contribution in [2.45, 2.75) is 20.1 Å². The Morgan fingerprint density at radius 2 is 1.97 bits per heavy atom. The van der Waals surface area contributed by atoms with Gasteiger partial charge in [0.25, 0.3) is 5.91 Å². The Bertz CT molecular complexity index is 946. The van der Waals surface area contributed by atoms with E-state index in [1.165, 1.54) is 0 Å². The van der Waals surface area contributed by atoms with Gasteiger partial charge in [-0.25, -0.2) is 4.63 Å². The number of carbonyl (C=O) groups is 1. The molecule has 2 aromatic carbocycles. The number of amides is 1. The zero-order chi connectivity index (χ0) is 21.2. The highest BCUT2D eigenvalue weighted by Crippen LogP contribution is 2.31. The van der Waals surface area contributed by atoms with Crippen molar-refractivity contribution in [3.63, 3.8) is 0 Å². The van der Waals surface area contributed by atoms with E-state index >= 15 is 0 Å². The summed E-state index contributed by atoms with van der Waals surface area (Å²) in [7, 11) is 0. The number of hydrogen-bond donors (Lipinski definition) is 3. The number of nitrogens with two attached hydrogens (primary N) is 2. The van der Waals surface area contributed by atoms with Crippen LogP contribution >= 0.6 is 0 Å². The Kier molecular flexibility index (Phi) is 7.62. The Hall–Kier alpha value is -3.59. The van der Waals surface area contributed by atoms with Crippen molar-refractivity contribution in [2.75, 3.05) is 25.4 Å². The molecule has 1 amide bonds. The van der Waals surface area contributed by atoms with Gasteiger partial charge in [-0.05, 0) is 34.9 Å². The van der Waals surface area contributed by atoms with E-state index in [0.29, 0.717) is 32.8 Å². The number of ether oxygens (including phenoxy) is 2. The molecule has 1 heterocycles. The van der Waals surface area contributed by atoms with E-state index in [4.69, 9.17) is 15.2 Å². The zero-order valence-corrected chi connectivity index (χ0v) is 16.8. The molecule has 1 aromatic heterocycles. The molecule has 0 fully saturated rings. The minimum Gasteiger partial charge on any atom is -0.490 e. The van der Waals surface area contributed by atoms with E-state index in [1.54, 1.807) is 0 Å². The molecule has 158 valence electrons. The molecule has 30 heavy (non-hydrogen) atoms. The van der Waals surface area contributed by atoms with Crippen LogP contribution in [0.1, 0.15) is 28.5 Å². The summed E-state index contributed by atoms with van der Waals surface area (Å²) >= 11 is 0. The fourth-order valence-electron chi connectivity index (χ4n) is 2.87. The predicted molar refractivity (Wildman–Crippen MR) is 110 cm³/mol. The lowest BCUT2D eigenvalue weighted by atomic mass is 10.1. The molecule has 9 heteroatoms. The Morgan fingerprint density at radius 3 is 2.70 bits per heavy atom. The van der Waals surface area contributed by atoms with Crippen LogP contribution in [0.3, 0.4) is 0 Å². The second-order valence-electron chi connectivity index (χ2n) is 6.49. The summed E-state index contributed by atoms with van der Waals surface area (Å²) in [5, 5.41) is 11.7. The van der Waals surface area contributed by atoms with E-state index in [-0.39, 0.29) is 11.5 Å². The molecule has 0 saturated carbocycles. The highest BCUT2D eigenvalue weighted by molar-refractivity contribution is 5.95. The van der Waals surface area contributed by atoms with Crippen LogP contribution in [-0.2, 0) is 13.2 Å². The van der Waals surface area contributed by atoms with Crippen LogP contribution in [-0.4, -0.2) is 35.9 Å². The van der Waals surface area contributed by atoms with E-state index in [2.05, 4.69) is 25.6 Å². The minimum absolute atomic E-state index is 0.00369. The summed E-state index contributed by atoms with van der Waals surface area (Å²) in [6.07, 6.45) is 0. The first-order valence-electron chi connectivity index (χ1n) is 9.78. The lowest BCUT2D eigenvalue weighted by Crippen LogP contribution is -2.84. The van der Waals surface area contributed by atoms with Gasteiger partial charge in [0.15, 0.2) is 11.5 Å². The van der Waals surface area contributed by atoms with Gasteiger partial charge in [0.05, 0.1) is 25.3 Å². The lowest BCUT2D eigenvalue weighted by molar-refractivity contribution is -0.668. The van der Waals surface area contributed by atoms with Gasteiger partial charge in [0.1, 0.15) is 13.2 Å². The Balaban J connectivity index is 1.54. The molecule has 0 unspecified atom stereocenters. The topological polar surface area (TPSA) is 129 Å². The van der Waals surface area contributed by atoms with Crippen LogP contribution in [0.5, 0.6) is 11.5 Å². The maximum absolute atomic E-state index is 11.9. The van der Waals surface area contributed by atoms with Crippen LogP contribution in [0.4, 0.5) is 5.82 Å². The van der Waals surface area contributed by atoms with Gasteiger partial charge in [-0.1, -0.05) is 36.4 Å². The molecule has 0 aliphatic heterocycles. The van der Waals surface area contributed by atoms with E-state index in [9.17, 15) is 4.79 Å². The number of benzene rings is 2. The first-order valence-corrected chi connectivity index (χ1v) is 9.78. The van der Waals surface area contributed by atoms with Gasteiger partial charge in [0.2, 0.25) is 11.5 Å². The molecule has 0 spiro atoms. The van der Waals surface area contributed by atoms with E-state index in [0.717, 1.165) is 22.6 Å². The summed E-state index contributed by atoms with van der Waals surface area (Å²) in [6, 6.07) is 15.9. The van der Waals surface area contributed by atoms with Crippen molar-refractivity contribution in [2.24, 2.45) is 0 Å². The molecule has 0 radical (unpaired) electrons. The average Bonchev–Trinajstić information content (AvgIpc) is 3.19. The largest absolute Gasteiger partial charge is 0.490 e. The Labute approximate surface area is 174 Å². The number of quaternary nitrogens is 1. The van der Waals surface area contributed by atoms with Crippen molar-refractivity contribution in [3.05, 3.63) is 65.4 Å². The van der Waals surface area contributed by atoms with Crippen LogP contribution in [0.25, 0.3) is 0 Å². The van der Waals surface area contributed by atoms with Crippen molar-refractivity contribution < 1.29 is 24.2 Å². The molecule has 0 saturated heterocycles. The standard InChI is InChI=1S/C21H25N5O4/c1-2-28-17-10-6-9-16(19(17)29-14-15-7-4-3-5-8-15)13-23-11-12-24-21(27)18-20(22)26-30-25-18/h3-10,23H,2,11-14H2,1H3,(H2,22,26)(H,24,27)/p+1. The molecule has 5 N–H and O–H groups in total. The van der Waals surface area contributed by atoms with E-state index < -0.39 is 5.91 Å². The van der Waals surface area contributed by atoms with Gasteiger partial charge in [-0.3, -0.25) is 4.79 Å².